The van der Waals surface area contributed by atoms with E-state index in [-0.39, 0.29) is 28.1 Å². The van der Waals surface area contributed by atoms with Gasteiger partial charge in [0.1, 0.15) is 0 Å². The minimum Gasteiger partial charge on any atom is -0.376 e. The third-order valence-corrected chi connectivity index (χ3v) is 6.37. The van der Waals surface area contributed by atoms with Gasteiger partial charge >= 0.3 is 0 Å². The van der Waals surface area contributed by atoms with Gasteiger partial charge in [-0.15, -0.1) is 0 Å². The Bertz CT molecular complexity index is 668. The van der Waals surface area contributed by atoms with Crippen molar-refractivity contribution in [2.45, 2.75) is 36.4 Å². The van der Waals surface area contributed by atoms with Crippen LogP contribution in [0.4, 0.5) is 0 Å². The van der Waals surface area contributed by atoms with Crippen LogP contribution in [0.25, 0.3) is 0 Å². The summed E-state index contributed by atoms with van der Waals surface area (Å²) in [5.74, 6) is 0. The zero-order chi connectivity index (χ0) is 15.9. The number of hydrogen-bond donors (Lipinski definition) is 1. The second-order valence-corrected chi connectivity index (χ2v) is 8.41. The zero-order valence-electron chi connectivity index (χ0n) is 12.1. The van der Waals surface area contributed by atoms with Crippen LogP contribution >= 0.6 is 23.2 Å². The molecule has 2 saturated heterocycles. The van der Waals surface area contributed by atoms with Crippen molar-refractivity contribution in [1.29, 1.82) is 0 Å². The predicted molar refractivity (Wildman–Crippen MR) is 86.0 cm³/mol. The lowest BCUT2D eigenvalue weighted by Crippen LogP contribution is -2.45. The van der Waals surface area contributed by atoms with E-state index < -0.39 is 10.0 Å². The van der Waals surface area contributed by atoms with Crippen LogP contribution < -0.4 is 4.72 Å². The Kier molecular flexibility index (Phi) is 4.69. The minimum atomic E-state index is -3.60. The molecule has 3 rings (SSSR count). The lowest BCUT2D eigenvalue weighted by Gasteiger charge is -2.33. The van der Waals surface area contributed by atoms with E-state index in [1.807, 2.05) is 6.92 Å². The van der Waals surface area contributed by atoms with Crippen LogP contribution in [-0.2, 0) is 14.8 Å². The molecule has 3 atom stereocenters. The van der Waals surface area contributed by atoms with Crippen molar-refractivity contribution >= 4 is 33.2 Å². The fourth-order valence-electron chi connectivity index (χ4n) is 3.06. The van der Waals surface area contributed by atoms with Gasteiger partial charge in [-0.3, -0.25) is 4.90 Å². The minimum absolute atomic E-state index is 0.113. The largest absolute Gasteiger partial charge is 0.376 e. The molecule has 0 amide bonds. The molecule has 8 heteroatoms. The number of fused-ring (bicyclic) bond motifs is 1. The van der Waals surface area contributed by atoms with E-state index in [1.54, 1.807) is 0 Å². The van der Waals surface area contributed by atoms with Gasteiger partial charge in [0.05, 0.1) is 27.7 Å². The van der Waals surface area contributed by atoms with Crippen molar-refractivity contribution in [3.63, 3.8) is 0 Å². The zero-order valence-corrected chi connectivity index (χ0v) is 14.5. The Morgan fingerprint density at radius 1 is 1.27 bits per heavy atom. The molecule has 0 aliphatic carbocycles. The second kappa shape index (κ2) is 6.26. The molecule has 0 aromatic heterocycles. The number of rotatable bonds is 3. The Morgan fingerprint density at radius 3 is 2.77 bits per heavy atom. The smallest absolute Gasteiger partial charge is 0.240 e. The van der Waals surface area contributed by atoms with Gasteiger partial charge in [0.15, 0.2) is 0 Å². The van der Waals surface area contributed by atoms with Gasteiger partial charge in [0, 0.05) is 25.2 Å². The highest BCUT2D eigenvalue weighted by Gasteiger charge is 2.37. The maximum Gasteiger partial charge on any atom is 0.240 e. The number of nitrogens with one attached hydrogen (secondary N) is 1. The van der Waals surface area contributed by atoms with Gasteiger partial charge in [-0.25, -0.2) is 13.1 Å². The molecule has 0 unspecified atom stereocenters. The molecule has 2 fully saturated rings. The van der Waals surface area contributed by atoms with E-state index in [0.29, 0.717) is 18.2 Å². The summed E-state index contributed by atoms with van der Waals surface area (Å²) in [5, 5.41) is 0.570. The molecule has 1 aromatic carbocycles. The Hall–Kier alpha value is -0.370. The van der Waals surface area contributed by atoms with Crippen LogP contribution in [0, 0.1) is 0 Å². The Morgan fingerprint density at radius 2 is 2.05 bits per heavy atom. The van der Waals surface area contributed by atoms with Crippen LogP contribution in [0.15, 0.2) is 23.1 Å². The van der Waals surface area contributed by atoms with E-state index in [4.69, 9.17) is 27.9 Å². The third-order valence-electron chi connectivity index (χ3n) is 4.12. The van der Waals surface area contributed by atoms with Gasteiger partial charge in [0.25, 0.3) is 0 Å². The number of nitrogens with zero attached hydrogens (tertiary/aromatic N) is 1. The number of hydrogen-bond acceptors (Lipinski definition) is 4. The average Bonchev–Trinajstić information content (AvgIpc) is 2.82. The topological polar surface area (TPSA) is 58.6 Å². The van der Waals surface area contributed by atoms with Crippen molar-refractivity contribution in [3.05, 3.63) is 28.2 Å². The number of halogens is 2. The number of morpholine rings is 1. The first-order chi connectivity index (χ1) is 10.3. The summed E-state index contributed by atoms with van der Waals surface area (Å²) in [5.41, 5.74) is 0. The third kappa shape index (κ3) is 3.42. The lowest BCUT2D eigenvalue weighted by atomic mass is 10.2. The van der Waals surface area contributed by atoms with Gasteiger partial charge < -0.3 is 4.74 Å². The van der Waals surface area contributed by atoms with E-state index in [9.17, 15) is 8.42 Å². The summed E-state index contributed by atoms with van der Waals surface area (Å²) in [6.45, 7) is 4.24. The first-order valence-electron chi connectivity index (χ1n) is 7.18. The van der Waals surface area contributed by atoms with Crippen LogP contribution in [0.5, 0.6) is 0 Å². The predicted octanol–water partition coefficient (Wildman–Crippen LogP) is 2.13. The Balaban J connectivity index is 1.71. The van der Waals surface area contributed by atoms with Crippen LogP contribution in [0.1, 0.15) is 13.3 Å². The fraction of sp³-hybridized carbons (Fsp3) is 0.571. The summed E-state index contributed by atoms with van der Waals surface area (Å²) in [7, 11) is -3.60. The maximum atomic E-state index is 12.5. The van der Waals surface area contributed by atoms with Gasteiger partial charge in [-0.1, -0.05) is 23.2 Å². The molecule has 2 heterocycles. The van der Waals surface area contributed by atoms with Crippen molar-refractivity contribution in [3.8, 4) is 0 Å². The monoisotopic (exact) mass is 364 g/mol. The molecule has 0 spiro atoms. The number of ether oxygens (including phenoxy) is 1. The van der Waals surface area contributed by atoms with Crippen molar-refractivity contribution in [1.82, 2.24) is 9.62 Å². The van der Waals surface area contributed by atoms with Gasteiger partial charge in [-0.05, 0) is 31.5 Å². The first kappa shape index (κ1) is 16.5. The highest BCUT2D eigenvalue weighted by molar-refractivity contribution is 7.89. The van der Waals surface area contributed by atoms with E-state index >= 15 is 0 Å². The van der Waals surface area contributed by atoms with Crippen LogP contribution in [-0.4, -0.2) is 51.2 Å². The molecule has 0 bridgehead atoms. The molecule has 2 aliphatic heterocycles. The highest BCUT2D eigenvalue weighted by Crippen LogP contribution is 2.27. The summed E-state index contributed by atoms with van der Waals surface area (Å²) < 4.78 is 33.3. The van der Waals surface area contributed by atoms with E-state index in [1.165, 1.54) is 18.2 Å². The Labute approximate surface area is 140 Å². The summed E-state index contributed by atoms with van der Waals surface area (Å²) in [6, 6.07) is 4.51. The van der Waals surface area contributed by atoms with Gasteiger partial charge in [0.2, 0.25) is 10.0 Å². The highest BCUT2D eigenvalue weighted by atomic mass is 35.5. The molecule has 1 N–H and O–H groups in total. The molecule has 22 heavy (non-hydrogen) atoms. The van der Waals surface area contributed by atoms with Crippen LogP contribution in [0.2, 0.25) is 10.0 Å². The number of benzene rings is 1. The maximum absolute atomic E-state index is 12.5. The quantitative estimate of drug-likeness (QED) is 0.892. The van der Waals surface area contributed by atoms with Gasteiger partial charge in [-0.2, -0.15) is 0 Å². The molecule has 5 nitrogen and oxygen atoms in total. The summed E-state index contributed by atoms with van der Waals surface area (Å²) in [4.78, 5) is 2.42. The molecule has 0 saturated carbocycles. The SMILES string of the molecule is C[C@@H]1CN2C[C@@H](NS(=O)(=O)c3ccc(Cl)c(Cl)c3)C[C@H]2CO1. The van der Waals surface area contributed by atoms with Crippen LogP contribution in [0.3, 0.4) is 0 Å². The van der Waals surface area contributed by atoms with E-state index in [2.05, 4.69) is 9.62 Å². The first-order valence-corrected chi connectivity index (χ1v) is 9.42. The summed E-state index contributed by atoms with van der Waals surface area (Å²) in [6.07, 6.45) is 0.953. The molecule has 0 radical (unpaired) electrons. The lowest BCUT2D eigenvalue weighted by molar-refractivity contribution is -0.0390. The summed E-state index contributed by atoms with van der Waals surface area (Å²) >= 11 is 11.7. The van der Waals surface area contributed by atoms with Crippen molar-refractivity contribution in [2.75, 3.05) is 19.7 Å². The van der Waals surface area contributed by atoms with Crippen molar-refractivity contribution in [2.24, 2.45) is 0 Å². The standard InChI is InChI=1S/C14H18Cl2N2O3S/c1-9-6-18-7-10(4-11(18)8-21-9)17-22(19,20)12-2-3-13(15)14(16)5-12/h2-3,5,9-11,17H,4,6-8H2,1H3/t9-,10+,11+/m1/s1. The molecular weight excluding hydrogens is 347 g/mol. The fourth-order valence-corrected chi connectivity index (χ4v) is 4.69. The van der Waals surface area contributed by atoms with Crippen molar-refractivity contribution < 1.29 is 13.2 Å². The molecule has 1 aromatic rings. The molecule has 122 valence electrons. The normalized spacial score (nSPS) is 29.5. The number of sulfonamides is 1. The van der Waals surface area contributed by atoms with E-state index in [0.717, 1.165) is 13.0 Å². The average molecular weight is 365 g/mol. The molecule has 2 aliphatic rings. The molecular formula is C14H18Cl2N2O3S. The second-order valence-electron chi connectivity index (χ2n) is 5.88.